The van der Waals surface area contributed by atoms with Crippen molar-refractivity contribution in [3.8, 4) is 11.5 Å². The Kier molecular flexibility index (Phi) is 2.53. The Morgan fingerprint density at radius 2 is 1.78 bits per heavy atom. The van der Waals surface area contributed by atoms with Crippen molar-refractivity contribution < 1.29 is 4.74 Å². The normalized spacial score (nSPS) is 10.4. The van der Waals surface area contributed by atoms with Crippen LogP contribution >= 0.6 is 0 Å². The Labute approximate surface area is 104 Å². The zero-order chi connectivity index (χ0) is 12.4. The van der Waals surface area contributed by atoms with E-state index in [1.807, 2.05) is 30.3 Å². The molecule has 1 aromatic carbocycles. The number of nitrogen functional groups attached to an aromatic ring is 1. The monoisotopic (exact) mass is 237 g/mol. The van der Waals surface area contributed by atoms with Gasteiger partial charge in [0.15, 0.2) is 0 Å². The Bertz CT molecular complexity index is 697. The van der Waals surface area contributed by atoms with E-state index in [4.69, 9.17) is 10.5 Å². The van der Waals surface area contributed by atoms with Gasteiger partial charge in [0.1, 0.15) is 11.5 Å². The molecule has 0 unspecified atom stereocenters. The van der Waals surface area contributed by atoms with E-state index in [-0.39, 0.29) is 0 Å². The van der Waals surface area contributed by atoms with E-state index in [0.29, 0.717) is 17.2 Å². The van der Waals surface area contributed by atoms with E-state index in [2.05, 4.69) is 9.97 Å². The summed E-state index contributed by atoms with van der Waals surface area (Å²) >= 11 is 0. The summed E-state index contributed by atoms with van der Waals surface area (Å²) in [6, 6.07) is 11.5. The zero-order valence-electron chi connectivity index (χ0n) is 9.58. The first-order valence-corrected chi connectivity index (χ1v) is 5.54. The van der Waals surface area contributed by atoms with Gasteiger partial charge in [-0.25, -0.2) is 0 Å². The first-order chi connectivity index (χ1) is 8.81. The molecule has 2 heterocycles. The lowest BCUT2D eigenvalue weighted by Gasteiger charge is -2.06. The molecular weight excluding hydrogens is 226 g/mol. The van der Waals surface area contributed by atoms with E-state index in [9.17, 15) is 0 Å². The van der Waals surface area contributed by atoms with Gasteiger partial charge in [-0.15, -0.1) is 0 Å². The molecule has 3 rings (SSSR count). The van der Waals surface area contributed by atoms with E-state index in [1.165, 1.54) is 0 Å². The fraction of sp³-hybridized carbons (Fsp3) is 0. The molecule has 0 saturated carbocycles. The number of anilines is 1. The molecular formula is C14H11N3O. The van der Waals surface area contributed by atoms with Crippen LogP contribution in [0.4, 0.5) is 5.69 Å². The molecule has 0 fully saturated rings. The Morgan fingerprint density at radius 3 is 2.67 bits per heavy atom. The highest BCUT2D eigenvalue weighted by Crippen LogP contribution is 2.24. The number of hydrogen-bond donors (Lipinski definition) is 1. The number of para-hydroxylation sites is 1. The molecule has 4 nitrogen and oxygen atoms in total. The fourth-order valence-electron chi connectivity index (χ4n) is 1.73. The molecule has 2 N–H and O–H groups in total. The van der Waals surface area contributed by atoms with Gasteiger partial charge in [-0.1, -0.05) is 18.2 Å². The van der Waals surface area contributed by atoms with Crippen LogP contribution in [0.2, 0.25) is 0 Å². The van der Waals surface area contributed by atoms with Crippen molar-refractivity contribution in [1.82, 2.24) is 9.97 Å². The van der Waals surface area contributed by atoms with Gasteiger partial charge in [-0.05, 0) is 12.1 Å². The molecule has 0 bridgehead atoms. The summed E-state index contributed by atoms with van der Waals surface area (Å²) in [5.41, 5.74) is 7.16. The van der Waals surface area contributed by atoms with Gasteiger partial charge in [-0.2, -0.15) is 0 Å². The van der Waals surface area contributed by atoms with Crippen molar-refractivity contribution in [1.29, 1.82) is 0 Å². The number of benzene rings is 1. The van der Waals surface area contributed by atoms with Crippen LogP contribution < -0.4 is 10.5 Å². The minimum atomic E-state index is 0.571. The van der Waals surface area contributed by atoms with Crippen molar-refractivity contribution in [2.45, 2.75) is 0 Å². The van der Waals surface area contributed by atoms with Crippen LogP contribution in [0.25, 0.3) is 10.9 Å². The number of nitrogens with zero attached hydrogens (tertiary/aromatic N) is 2. The molecule has 0 aliphatic heterocycles. The van der Waals surface area contributed by atoms with E-state index < -0.39 is 0 Å². The summed E-state index contributed by atoms with van der Waals surface area (Å²) in [4.78, 5) is 8.30. The van der Waals surface area contributed by atoms with Gasteiger partial charge in [0.2, 0.25) is 0 Å². The second kappa shape index (κ2) is 4.33. The van der Waals surface area contributed by atoms with Gasteiger partial charge in [0.25, 0.3) is 0 Å². The SMILES string of the molecule is Nc1cncc(Oc2cnc3ccccc3c2)c1. The molecule has 0 radical (unpaired) electrons. The number of ether oxygens (including phenoxy) is 1. The minimum absolute atomic E-state index is 0.571. The van der Waals surface area contributed by atoms with Gasteiger partial charge >= 0.3 is 0 Å². The maximum absolute atomic E-state index is 5.66. The third-order valence-corrected chi connectivity index (χ3v) is 2.54. The molecule has 18 heavy (non-hydrogen) atoms. The van der Waals surface area contributed by atoms with Crippen molar-refractivity contribution in [2.75, 3.05) is 5.73 Å². The molecule has 3 aromatic rings. The average Bonchev–Trinajstić information content (AvgIpc) is 2.39. The lowest BCUT2D eigenvalue weighted by Crippen LogP contribution is -1.90. The molecule has 0 amide bonds. The smallest absolute Gasteiger partial charge is 0.147 e. The fourth-order valence-corrected chi connectivity index (χ4v) is 1.73. The van der Waals surface area contributed by atoms with E-state index >= 15 is 0 Å². The van der Waals surface area contributed by atoms with Crippen LogP contribution in [-0.2, 0) is 0 Å². The molecule has 0 atom stereocenters. The van der Waals surface area contributed by atoms with E-state index in [0.717, 1.165) is 10.9 Å². The van der Waals surface area contributed by atoms with Gasteiger partial charge in [0, 0.05) is 11.5 Å². The predicted molar refractivity (Wildman–Crippen MR) is 70.5 cm³/mol. The minimum Gasteiger partial charge on any atom is -0.454 e. The number of aromatic nitrogens is 2. The number of rotatable bonds is 2. The second-order valence-electron chi connectivity index (χ2n) is 3.92. The maximum Gasteiger partial charge on any atom is 0.147 e. The number of hydrogen-bond acceptors (Lipinski definition) is 4. The van der Waals surface area contributed by atoms with Crippen LogP contribution in [0, 0.1) is 0 Å². The highest BCUT2D eigenvalue weighted by atomic mass is 16.5. The predicted octanol–water partition coefficient (Wildman–Crippen LogP) is 3.00. The lowest BCUT2D eigenvalue weighted by molar-refractivity contribution is 0.479. The first-order valence-electron chi connectivity index (χ1n) is 5.54. The van der Waals surface area contributed by atoms with Crippen LogP contribution in [-0.4, -0.2) is 9.97 Å². The highest BCUT2D eigenvalue weighted by molar-refractivity contribution is 5.79. The summed E-state index contributed by atoms with van der Waals surface area (Å²) in [5, 5.41) is 1.03. The Morgan fingerprint density at radius 1 is 0.944 bits per heavy atom. The van der Waals surface area contributed by atoms with Crippen LogP contribution in [0.3, 0.4) is 0 Å². The lowest BCUT2D eigenvalue weighted by atomic mass is 10.2. The molecule has 88 valence electrons. The molecule has 0 saturated heterocycles. The van der Waals surface area contributed by atoms with Gasteiger partial charge in [-0.3, -0.25) is 9.97 Å². The zero-order valence-corrected chi connectivity index (χ0v) is 9.58. The third kappa shape index (κ3) is 2.08. The number of nitrogens with two attached hydrogens (primary N) is 1. The van der Waals surface area contributed by atoms with Crippen molar-refractivity contribution >= 4 is 16.6 Å². The Balaban J connectivity index is 1.95. The third-order valence-electron chi connectivity index (χ3n) is 2.54. The molecule has 0 spiro atoms. The van der Waals surface area contributed by atoms with Gasteiger partial charge < -0.3 is 10.5 Å². The summed E-state index contributed by atoms with van der Waals surface area (Å²) in [6.45, 7) is 0. The summed E-state index contributed by atoms with van der Waals surface area (Å²) in [5.74, 6) is 1.27. The topological polar surface area (TPSA) is 61.0 Å². The molecule has 0 aliphatic carbocycles. The summed E-state index contributed by atoms with van der Waals surface area (Å²) in [7, 11) is 0. The standard InChI is InChI=1S/C14H11N3O/c15-11-6-13(8-16-7-11)18-12-5-10-3-1-2-4-14(10)17-9-12/h1-9H,15H2. The van der Waals surface area contributed by atoms with Gasteiger partial charge in [0.05, 0.1) is 29.8 Å². The van der Waals surface area contributed by atoms with Crippen molar-refractivity contribution in [3.63, 3.8) is 0 Å². The highest BCUT2D eigenvalue weighted by Gasteiger charge is 2.01. The molecule has 0 aliphatic rings. The van der Waals surface area contributed by atoms with Crippen molar-refractivity contribution in [3.05, 3.63) is 55.0 Å². The summed E-state index contributed by atoms with van der Waals surface area (Å²) < 4.78 is 5.66. The quantitative estimate of drug-likeness (QED) is 0.744. The van der Waals surface area contributed by atoms with Crippen LogP contribution in [0.5, 0.6) is 11.5 Å². The van der Waals surface area contributed by atoms with E-state index in [1.54, 1.807) is 24.7 Å². The average molecular weight is 237 g/mol. The van der Waals surface area contributed by atoms with Crippen LogP contribution in [0.15, 0.2) is 55.0 Å². The molecule has 2 aromatic heterocycles. The van der Waals surface area contributed by atoms with Crippen LogP contribution in [0.1, 0.15) is 0 Å². The largest absolute Gasteiger partial charge is 0.454 e. The summed E-state index contributed by atoms with van der Waals surface area (Å²) in [6.07, 6.45) is 4.88. The second-order valence-corrected chi connectivity index (χ2v) is 3.92. The first kappa shape index (κ1) is 10.5. The number of fused-ring (bicyclic) bond motifs is 1. The number of pyridine rings is 2. The maximum atomic E-state index is 5.66. The Hall–Kier alpha value is -2.62. The molecule has 4 heteroatoms. The van der Waals surface area contributed by atoms with Crippen molar-refractivity contribution in [2.24, 2.45) is 0 Å².